The number of nitro groups is 1. The molecule has 3 rings (SSSR count). The Bertz CT molecular complexity index is 502. The van der Waals surface area contributed by atoms with Crippen LogP contribution in [-0.2, 0) is 0 Å². The molecular weight excluding hydrogens is 300 g/mol. The van der Waals surface area contributed by atoms with Crippen molar-refractivity contribution in [2.45, 2.75) is 25.3 Å². The molecule has 22 heavy (non-hydrogen) atoms. The minimum absolute atomic E-state index is 0.430. The largest absolute Gasteiger partial charge is 0.375 e. The van der Waals surface area contributed by atoms with E-state index in [4.69, 9.17) is 0 Å². The lowest BCUT2D eigenvalue weighted by Gasteiger charge is -2.18. The second-order valence-corrected chi connectivity index (χ2v) is 6.47. The van der Waals surface area contributed by atoms with Crippen LogP contribution in [0.3, 0.4) is 0 Å². The van der Waals surface area contributed by atoms with E-state index < -0.39 is 4.92 Å². The number of thioether (sulfide) groups is 1. The quantitative estimate of drug-likeness (QED) is 0.667. The smallest absolute Gasteiger partial charge is 0.263 e. The normalized spacial score (nSPS) is 23.5. The molecule has 0 radical (unpaired) electrons. The highest BCUT2D eigenvalue weighted by atomic mass is 32.2. The predicted molar refractivity (Wildman–Crippen MR) is 89.0 cm³/mol. The fourth-order valence-electron chi connectivity index (χ4n) is 2.60. The van der Waals surface area contributed by atoms with E-state index in [0.29, 0.717) is 11.1 Å². The van der Waals surface area contributed by atoms with Crippen LogP contribution in [0.15, 0.2) is 35.8 Å². The Morgan fingerprint density at radius 1 is 1.55 bits per heavy atom. The fourth-order valence-corrected chi connectivity index (χ4v) is 3.47. The molecule has 0 spiro atoms. The van der Waals surface area contributed by atoms with Crippen LogP contribution in [0.25, 0.3) is 0 Å². The van der Waals surface area contributed by atoms with Crippen LogP contribution < -0.4 is 5.32 Å². The van der Waals surface area contributed by atoms with Gasteiger partial charge in [-0.05, 0) is 44.5 Å². The zero-order chi connectivity index (χ0) is 15.8. The van der Waals surface area contributed by atoms with Gasteiger partial charge >= 0.3 is 0 Å². The maximum absolute atomic E-state index is 9.94. The minimum atomic E-state index is -0.430. The molecular formula is C15H22N4O2S. The molecule has 6 nitrogen and oxygen atoms in total. The Morgan fingerprint density at radius 3 is 2.95 bits per heavy atom. The highest BCUT2D eigenvalue weighted by molar-refractivity contribution is 8.03. The second kappa shape index (κ2) is 8.75. The summed E-state index contributed by atoms with van der Waals surface area (Å²) >= 11 is 1.50. The number of nitrogens with one attached hydrogen (secondary N) is 1. The van der Waals surface area contributed by atoms with E-state index in [9.17, 15) is 10.1 Å². The molecule has 2 aliphatic rings. The van der Waals surface area contributed by atoms with Gasteiger partial charge in [0.1, 0.15) is 5.03 Å². The maximum atomic E-state index is 9.94. The van der Waals surface area contributed by atoms with Crippen molar-refractivity contribution in [3.63, 3.8) is 0 Å². The topological polar surface area (TPSA) is 71.3 Å². The first-order chi connectivity index (χ1) is 10.7. The summed E-state index contributed by atoms with van der Waals surface area (Å²) in [5.41, 5.74) is 1.36. The SMILES string of the molecule is CN1CCC[C@H]1c1cccnc1.O=[N+]([O-])/C=C1\NCCCS1. The van der Waals surface area contributed by atoms with Gasteiger partial charge in [0.15, 0.2) is 0 Å². The molecule has 0 saturated carbocycles. The van der Waals surface area contributed by atoms with Crippen molar-refractivity contribution in [2.24, 2.45) is 0 Å². The third-order valence-electron chi connectivity index (χ3n) is 3.69. The molecule has 7 heteroatoms. The molecule has 2 aliphatic heterocycles. The van der Waals surface area contributed by atoms with Gasteiger partial charge in [0.25, 0.3) is 6.20 Å². The number of likely N-dealkylation sites (tertiary alicyclic amines) is 1. The number of pyridine rings is 1. The van der Waals surface area contributed by atoms with Crippen LogP contribution in [0.2, 0.25) is 0 Å². The Balaban J connectivity index is 0.000000164. The number of rotatable bonds is 2. The van der Waals surface area contributed by atoms with E-state index in [1.54, 1.807) is 0 Å². The van der Waals surface area contributed by atoms with Crippen molar-refractivity contribution in [3.8, 4) is 0 Å². The van der Waals surface area contributed by atoms with Crippen LogP contribution >= 0.6 is 11.8 Å². The van der Waals surface area contributed by atoms with E-state index in [1.165, 1.54) is 36.7 Å². The lowest BCUT2D eigenvalue weighted by atomic mass is 10.1. The maximum Gasteiger partial charge on any atom is 0.263 e. The molecule has 2 fully saturated rings. The first-order valence-electron chi connectivity index (χ1n) is 7.49. The van der Waals surface area contributed by atoms with Gasteiger partial charge in [0.2, 0.25) is 0 Å². The first kappa shape index (κ1) is 16.8. The van der Waals surface area contributed by atoms with Gasteiger partial charge < -0.3 is 5.32 Å². The summed E-state index contributed by atoms with van der Waals surface area (Å²) in [5.74, 6) is 0.979. The summed E-state index contributed by atoms with van der Waals surface area (Å²) in [6.07, 6.45) is 8.51. The number of hydrogen-bond donors (Lipinski definition) is 1. The molecule has 0 aliphatic carbocycles. The van der Waals surface area contributed by atoms with Gasteiger partial charge in [0, 0.05) is 30.7 Å². The molecule has 0 aromatic carbocycles. The van der Waals surface area contributed by atoms with E-state index in [2.05, 4.69) is 28.3 Å². The summed E-state index contributed by atoms with van der Waals surface area (Å²) in [7, 11) is 2.19. The monoisotopic (exact) mass is 322 g/mol. The highest BCUT2D eigenvalue weighted by Crippen LogP contribution is 2.29. The zero-order valence-corrected chi connectivity index (χ0v) is 13.6. The number of hydrogen-bond acceptors (Lipinski definition) is 6. The average molecular weight is 322 g/mol. The van der Waals surface area contributed by atoms with Crippen molar-refractivity contribution >= 4 is 11.8 Å². The van der Waals surface area contributed by atoms with E-state index in [0.717, 1.165) is 24.9 Å². The summed E-state index contributed by atoms with van der Waals surface area (Å²) in [5, 5.41) is 13.6. The van der Waals surface area contributed by atoms with Crippen molar-refractivity contribution in [1.29, 1.82) is 0 Å². The third-order valence-corrected chi connectivity index (χ3v) is 4.74. The summed E-state index contributed by atoms with van der Waals surface area (Å²) in [6, 6.07) is 4.79. The molecule has 1 aromatic rings. The van der Waals surface area contributed by atoms with Gasteiger partial charge in [0.05, 0.1) is 4.92 Å². The highest BCUT2D eigenvalue weighted by Gasteiger charge is 2.21. The van der Waals surface area contributed by atoms with Gasteiger partial charge in [-0.25, -0.2) is 0 Å². The number of nitrogens with zero attached hydrogens (tertiary/aromatic N) is 3. The van der Waals surface area contributed by atoms with Crippen molar-refractivity contribution < 1.29 is 4.92 Å². The second-order valence-electron chi connectivity index (χ2n) is 5.33. The summed E-state index contributed by atoms with van der Waals surface area (Å²) in [4.78, 5) is 16.1. The van der Waals surface area contributed by atoms with Crippen LogP contribution in [0.5, 0.6) is 0 Å². The molecule has 0 amide bonds. The van der Waals surface area contributed by atoms with Gasteiger partial charge in [-0.2, -0.15) is 0 Å². The average Bonchev–Trinajstić information content (AvgIpc) is 2.95. The minimum Gasteiger partial charge on any atom is -0.375 e. The lowest BCUT2D eigenvalue weighted by molar-refractivity contribution is -0.403. The molecule has 0 bridgehead atoms. The van der Waals surface area contributed by atoms with E-state index in [1.807, 2.05) is 18.5 Å². The van der Waals surface area contributed by atoms with Gasteiger partial charge in [-0.1, -0.05) is 6.07 Å². The molecule has 120 valence electrons. The fraction of sp³-hybridized carbons (Fsp3) is 0.533. The van der Waals surface area contributed by atoms with Crippen LogP contribution in [-0.4, -0.2) is 40.7 Å². The van der Waals surface area contributed by atoms with Gasteiger partial charge in [-0.15, -0.1) is 11.8 Å². The Morgan fingerprint density at radius 2 is 2.41 bits per heavy atom. The summed E-state index contributed by atoms with van der Waals surface area (Å²) in [6.45, 7) is 2.08. The van der Waals surface area contributed by atoms with Gasteiger partial charge in [-0.3, -0.25) is 20.0 Å². The third kappa shape index (κ3) is 5.31. The zero-order valence-electron chi connectivity index (χ0n) is 12.8. The number of aromatic nitrogens is 1. The lowest BCUT2D eigenvalue weighted by Crippen LogP contribution is -2.19. The van der Waals surface area contributed by atoms with E-state index in [-0.39, 0.29) is 0 Å². The van der Waals surface area contributed by atoms with Crippen molar-refractivity contribution in [2.75, 3.05) is 25.9 Å². The first-order valence-corrected chi connectivity index (χ1v) is 8.47. The molecule has 1 aromatic heterocycles. The Kier molecular flexibility index (Phi) is 6.67. The van der Waals surface area contributed by atoms with E-state index >= 15 is 0 Å². The van der Waals surface area contributed by atoms with Crippen LogP contribution in [0.1, 0.15) is 30.9 Å². The van der Waals surface area contributed by atoms with Crippen molar-refractivity contribution in [1.82, 2.24) is 15.2 Å². The Hall–Kier alpha value is -1.60. The molecule has 1 N–H and O–H groups in total. The molecule has 1 atom stereocenters. The molecule has 2 saturated heterocycles. The van der Waals surface area contributed by atoms with Crippen molar-refractivity contribution in [3.05, 3.63) is 51.4 Å². The van der Waals surface area contributed by atoms with Crippen LogP contribution in [0, 0.1) is 10.1 Å². The molecule has 0 unspecified atom stereocenters. The van der Waals surface area contributed by atoms with Crippen LogP contribution in [0.4, 0.5) is 0 Å². The Labute approximate surface area is 135 Å². The standard InChI is InChI=1S/C10H14N2.C5H8N2O2S/c1-12-7-3-5-10(12)9-4-2-6-11-8-9;8-7(9)4-5-6-2-1-3-10-5/h2,4,6,8,10H,3,5,7H2,1H3;4,6H,1-3H2/b;5-4+/t10-;/m0./s1. The molecule has 3 heterocycles. The predicted octanol–water partition coefficient (Wildman–Crippen LogP) is 2.64. The summed E-state index contributed by atoms with van der Waals surface area (Å²) < 4.78 is 0.